The van der Waals surface area contributed by atoms with Gasteiger partial charge in [0.05, 0.1) is 0 Å². The number of alkyl halides is 16. The van der Waals surface area contributed by atoms with Gasteiger partial charge in [-0.3, -0.25) is 0 Å². The van der Waals surface area contributed by atoms with E-state index in [1.54, 1.807) is 0 Å². The Labute approximate surface area is 165 Å². The number of hydrogen-bond donors (Lipinski definition) is 0. The topological polar surface area (TPSA) is 28.1 Å². The number of diazo groups is 1. The summed E-state index contributed by atoms with van der Waals surface area (Å²) in [5.41, 5.74) is -4.20. The van der Waals surface area contributed by atoms with E-state index < -0.39 is 59.1 Å². The Balaban J connectivity index is 3.76. The summed E-state index contributed by atoms with van der Waals surface area (Å²) in [6.45, 7) is 0. The summed E-state index contributed by atoms with van der Waals surface area (Å²) in [5, 5.41) is 8.43. The Bertz CT molecular complexity index is 885. The molecule has 0 heterocycles. The smallest absolute Gasteiger partial charge is 0.203 e. The van der Waals surface area contributed by atoms with Gasteiger partial charge < -0.3 is 0 Å². The van der Waals surface area contributed by atoms with Gasteiger partial charge in [0.2, 0.25) is 5.39 Å². The Morgan fingerprint density at radius 3 is 1.38 bits per heavy atom. The van der Waals surface area contributed by atoms with Crippen LogP contribution >= 0.6 is 0 Å². The first kappa shape index (κ1) is 27.6. The summed E-state index contributed by atoms with van der Waals surface area (Å²) in [7, 11) is 0. The standard InChI is InChI=1S/C14H5F16N2/c15-7(16)9(19,20)11(23,24)13(27,28)14(29,30)12(25,26)10(21,22)8(17,18)5-3-1-2-4-6(5)32-31/h1-4,7H/q+1. The van der Waals surface area contributed by atoms with Gasteiger partial charge in [-0.2, -0.15) is 61.5 Å². The fourth-order valence-electron chi connectivity index (χ4n) is 2.13. The van der Waals surface area contributed by atoms with E-state index in [4.69, 9.17) is 5.39 Å². The average molecular weight is 505 g/mol. The van der Waals surface area contributed by atoms with Crippen molar-refractivity contribution in [3.63, 3.8) is 0 Å². The predicted molar refractivity (Wildman–Crippen MR) is 70.8 cm³/mol. The minimum absolute atomic E-state index is 0.210. The monoisotopic (exact) mass is 505 g/mol. The van der Waals surface area contributed by atoms with E-state index in [2.05, 4.69) is 0 Å². The highest BCUT2D eigenvalue weighted by Gasteiger charge is 2.93. The normalized spacial score (nSPS) is 15.1. The number of halogens is 16. The third kappa shape index (κ3) is 3.31. The van der Waals surface area contributed by atoms with Crippen LogP contribution in [-0.2, 0) is 5.92 Å². The molecule has 0 radical (unpaired) electrons. The Morgan fingerprint density at radius 2 is 0.969 bits per heavy atom. The third-order valence-electron chi connectivity index (χ3n) is 4.01. The van der Waals surface area contributed by atoms with Gasteiger partial charge in [0, 0.05) is 6.07 Å². The minimum atomic E-state index is -8.47. The second-order valence-electron chi connectivity index (χ2n) is 5.99. The fraction of sp³-hybridized carbons (Fsp3) is 0.571. The molecule has 0 aromatic heterocycles. The van der Waals surface area contributed by atoms with Crippen molar-refractivity contribution in [1.29, 1.82) is 5.39 Å². The zero-order valence-corrected chi connectivity index (χ0v) is 14.3. The summed E-state index contributed by atoms with van der Waals surface area (Å²) < 4.78 is 212. The van der Waals surface area contributed by atoms with Crippen molar-refractivity contribution in [2.24, 2.45) is 0 Å². The number of nitrogens with zero attached hydrogens (tertiary/aromatic N) is 2. The lowest BCUT2D eigenvalue weighted by molar-refractivity contribution is -0.448. The SMILES string of the molecule is N#[N+]c1ccccc1C(F)(F)C(F)(F)C(F)(F)C(F)(F)C(F)(F)C(F)(F)C(F)(F)C(F)F. The molecule has 0 saturated carbocycles. The van der Waals surface area contributed by atoms with Crippen LogP contribution in [0.15, 0.2) is 24.3 Å². The molecule has 182 valence electrons. The van der Waals surface area contributed by atoms with Crippen LogP contribution in [0.25, 0.3) is 4.98 Å². The van der Waals surface area contributed by atoms with Gasteiger partial charge >= 0.3 is 53.6 Å². The van der Waals surface area contributed by atoms with Crippen molar-refractivity contribution in [2.45, 2.75) is 47.9 Å². The van der Waals surface area contributed by atoms with Gasteiger partial charge in [-0.1, -0.05) is 12.1 Å². The summed E-state index contributed by atoms with van der Waals surface area (Å²) >= 11 is 0. The third-order valence-corrected chi connectivity index (χ3v) is 4.01. The summed E-state index contributed by atoms with van der Waals surface area (Å²) in [6, 6.07) is 0.979. The van der Waals surface area contributed by atoms with Crippen molar-refractivity contribution in [2.75, 3.05) is 0 Å². The van der Waals surface area contributed by atoms with E-state index in [1.807, 2.05) is 4.98 Å². The summed E-state index contributed by atoms with van der Waals surface area (Å²) in [5.74, 6) is -55.3. The zero-order chi connectivity index (χ0) is 25.8. The molecular weight excluding hydrogens is 500 g/mol. The Hall–Kier alpha value is -2.48. The second-order valence-corrected chi connectivity index (χ2v) is 5.99. The van der Waals surface area contributed by atoms with Gasteiger partial charge in [0.15, 0.2) is 4.98 Å². The van der Waals surface area contributed by atoms with Crippen molar-refractivity contribution < 1.29 is 70.2 Å². The van der Waals surface area contributed by atoms with E-state index in [0.29, 0.717) is 12.1 Å². The molecule has 0 bridgehead atoms. The molecule has 0 atom stereocenters. The molecule has 0 aliphatic heterocycles. The molecule has 32 heavy (non-hydrogen) atoms. The van der Waals surface area contributed by atoms with Crippen molar-refractivity contribution >= 4 is 5.69 Å². The number of rotatable bonds is 8. The number of benzene rings is 1. The molecule has 0 unspecified atom stereocenters. The first-order valence-electron chi connectivity index (χ1n) is 7.37. The maximum atomic E-state index is 14.0. The Kier molecular flexibility index (Phi) is 6.49. The van der Waals surface area contributed by atoms with Gasteiger partial charge in [0.1, 0.15) is 5.56 Å². The quantitative estimate of drug-likeness (QED) is 0.269. The van der Waals surface area contributed by atoms with Crippen LogP contribution in [0.5, 0.6) is 0 Å². The molecule has 0 aliphatic carbocycles. The maximum Gasteiger partial charge on any atom is 0.394 e. The summed E-state index contributed by atoms with van der Waals surface area (Å²) in [6.07, 6.45) is -5.90. The van der Waals surface area contributed by atoms with Crippen molar-refractivity contribution in [3.8, 4) is 0 Å². The molecule has 1 rings (SSSR count). The van der Waals surface area contributed by atoms with Crippen molar-refractivity contribution in [1.82, 2.24) is 0 Å². The van der Waals surface area contributed by atoms with Crippen LogP contribution in [0, 0.1) is 5.39 Å². The van der Waals surface area contributed by atoms with Crippen LogP contribution in [0.1, 0.15) is 5.56 Å². The lowest BCUT2D eigenvalue weighted by Crippen LogP contribution is -2.73. The lowest BCUT2D eigenvalue weighted by Gasteiger charge is -2.42. The Morgan fingerprint density at radius 1 is 0.594 bits per heavy atom. The highest BCUT2D eigenvalue weighted by atomic mass is 19.4. The first-order chi connectivity index (χ1) is 14.0. The van der Waals surface area contributed by atoms with Gasteiger partial charge in [-0.15, -0.1) is 0 Å². The largest absolute Gasteiger partial charge is 0.394 e. The van der Waals surface area contributed by atoms with Crippen molar-refractivity contribution in [3.05, 3.63) is 34.8 Å². The van der Waals surface area contributed by atoms with E-state index in [9.17, 15) is 70.2 Å². The second kappa shape index (κ2) is 7.54. The van der Waals surface area contributed by atoms with Crippen LogP contribution in [0.2, 0.25) is 0 Å². The van der Waals surface area contributed by atoms with Gasteiger partial charge in [-0.05, 0) is 6.07 Å². The van der Waals surface area contributed by atoms with Crippen LogP contribution < -0.4 is 0 Å². The molecule has 2 nitrogen and oxygen atoms in total. The van der Waals surface area contributed by atoms with Gasteiger partial charge in [0.25, 0.3) is 0 Å². The molecule has 0 fully saturated rings. The molecule has 0 aliphatic rings. The van der Waals surface area contributed by atoms with E-state index in [1.165, 1.54) is 0 Å². The zero-order valence-electron chi connectivity index (χ0n) is 14.3. The van der Waals surface area contributed by atoms with E-state index in [-0.39, 0.29) is 12.1 Å². The molecule has 0 N–H and O–H groups in total. The van der Waals surface area contributed by atoms with Crippen LogP contribution in [0.4, 0.5) is 75.9 Å². The molecule has 1 aromatic carbocycles. The van der Waals surface area contributed by atoms with Crippen LogP contribution in [-0.4, -0.2) is 42.0 Å². The lowest BCUT2D eigenvalue weighted by atomic mass is 9.87. The van der Waals surface area contributed by atoms with E-state index >= 15 is 0 Å². The maximum absolute atomic E-state index is 14.0. The van der Waals surface area contributed by atoms with Gasteiger partial charge in [-0.25, -0.2) is 8.78 Å². The molecule has 1 aromatic rings. The minimum Gasteiger partial charge on any atom is -0.203 e. The highest BCUT2D eigenvalue weighted by molar-refractivity contribution is 5.54. The first-order valence-corrected chi connectivity index (χ1v) is 7.37. The molecule has 0 amide bonds. The molecule has 0 spiro atoms. The van der Waals surface area contributed by atoms with E-state index in [0.717, 1.165) is 0 Å². The number of hydrogen-bond acceptors (Lipinski definition) is 1. The highest BCUT2D eigenvalue weighted by Crippen LogP contribution is 2.64. The molecule has 0 saturated heterocycles. The molecule has 18 heteroatoms. The predicted octanol–water partition coefficient (Wildman–Crippen LogP) is 7.34. The summed E-state index contributed by atoms with van der Waals surface area (Å²) in [4.78, 5) is 1.94. The fourth-order valence-corrected chi connectivity index (χ4v) is 2.13. The van der Waals surface area contributed by atoms with Crippen LogP contribution in [0.3, 0.4) is 0 Å². The average Bonchev–Trinajstić information content (AvgIpc) is 2.66. The molecular formula is C14H5F16N2+.